The third kappa shape index (κ3) is 3.46. The van der Waals surface area contributed by atoms with Gasteiger partial charge in [0.1, 0.15) is 23.7 Å². The van der Waals surface area contributed by atoms with E-state index >= 15 is 0 Å². The Hall–Kier alpha value is -2.91. The largest absolute Gasteiger partial charge is 0.453 e. The Bertz CT molecular complexity index is 1240. The van der Waals surface area contributed by atoms with Gasteiger partial charge in [-0.15, -0.1) is 11.3 Å². The molecule has 0 N–H and O–H groups in total. The summed E-state index contributed by atoms with van der Waals surface area (Å²) >= 11 is 13.6. The number of hydrogen-bond donors (Lipinski definition) is 0. The number of aromatic nitrogens is 1. The van der Waals surface area contributed by atoms with Crippen LogP contribution < -0.4 is 4.74 Å². The fourth-order valence-corrected chi connectivity index (χ4v) is 4.22. The van der Waals surface area contributed by atoms with Crippen molar-refractivity contribution in [1.29, 1.82) is 5.26 Å². The molecule has 136 valence electrons. The number of nitrogens with zero attached hydrogens (tertiary/aromatic N) is 2. The summed E-state index contributed by atoms with van der Waals surface area (Å²) < 4.78 is 6.73. The molecule has 2 heterocycles. The lowest BCUT2D eigenvalue weighted by molar-refractivity contribution is 0.112. The Morgan fingerprint density at radius 3 is 2.57 bits per heavy atom. The zero-order valence-electron chi connectivity index (χ0n) is 14.1. The molecular weight excluding hydrogens is 415 g/mol. The first-order valence-electron chi connectivity index (χ1n) is 8.10. The molecule has 0 bridgehead atoms. The number of aldehydes is 1. The van der Waals surface area contributed by atoms with Crippen molar-refractivity contribution in [1.82, 2.24) is 4.98 Å². The molecule has 2 aromatic carbocycles. The molecule has 0 aliphatic heterocycles. The molecular formula is C21H10Cl2N2O2S. The third-order valence-electron chi connectivity index (χ3n) is 4.05. The van der Waals surface area contributed by atoms with Crippen molar-refractivity contribution in [2.24, 2.45) is 0 Å². The van der Waals surface area contributed by atoms with Crippen LogP contribution in [0.3, 0.4) is 0 Å². The predicted octanol–water partition coefficient (Wildman–Crippen LogP) is 6.75. The number of rotatable bonds is 4. The van der Waals surface area contributed by atoms with Gasteiger partial charge in [-0.2, -0.15) is 5.26 Å². The van der Waals surface area contributed by atoms with E-state index in [4.69, 9.17) is 27.9 Å². The van der Waals surface area contributed by atoms with Crippen LogP contribution in [0.2, 0.25) is 10.0 Å². The first kappa shape index (κ1) is 18.5. The maximum absolute atomic E-state index is 10.9. The Labute approximate surface area is 174 Å². The normalized spacial score (nSPS) is 10.6. The number of halogens is 2. The molecule has 4 aromatic rings. The Kier molecular flexibility index (Phi) is 5.01. The van der Waals surface area contributed by atoms with Gasteiger partial charge in [-0.25, -0.2) is 0 Å². The van der Waals surface area contributed by atoms with E-state index in [9.17, 15) is 10.1 Å². The van der Waals surface area contributed by atoms with Crippen LogP contribution in [0.25, 0.3) is 20.7 Å². The molecule has 4 nitrogen and oxygen atoms in total. The molecule has 0 unspecified atom stereocenters. The van der Waals surface area contributed by atoms with Gasteiger partial charge in [0, 0.05) is 21.7 Å². The van der Waals surface area contributed by atoms with Crippen LogP contribution in [0.1, 0.15) is 15.9 Å². The van der Waals surface area contributed by atoms with Crippen molar-refractivity contribution < 1.29 is 9.53 Å². The quantitative estimate of drug-likeness (QED) is 0.340. The van der Waals surface area contributed by atoms with Crippen LogP contribution >= 0.6 is 34.5 Å². The second kappa shape index (κ2) is 7.61. The third-order valence-corrected chi connectivity index (χ3v) is 5.76. The monoisotopic (exact) mass is 424 g/mol. The molecule has 0 aliphatic carbocycles. The summed E-state index contributed by atoms with van der Waals surface area (Å²) in [6.45, 7) is 0. The fraction of sp³-hybridized carbons (Fsp3) is 0. The highest BCUT2D eigenvalue weighted by molar-refractivity contribution is 7.22. The van der Waals surface area contributed by atoms with E-state index in [0.717, 1.165) is 21.4 Å². The maximum atomic E-state index is 10.9. The molecule has 7 heteroatoms. The zero-order chi connectivity index (χ0) is 19.7. The summed E-state index contributed by atoms with van der Waals surface area (Å²) in [6.07, 6.45) is 2.28. The summed E-state index contributed by atoms with van der Waals surface area (Å²) in [6, 6.07) is 16.2. The highest BCUT2D eigenvalue weighted by Gasteiger charge is 2.17. The second-order valence-electron chi connectivity index (χ2n) is 5.85. The standard InChI is InChI=1S/C21H10Cl2N2O2S/c22-15-5-6-18(16(23)7-15)27-20-14(9-24)10-25-17-8-19(28-21(17)20)13-3-1-12(11-26)2-4-13/h1-8,10-11H. The van der Waals surface area contributed by atoms with Crippen molar-refractivity contribution in [3.63, 3.8) is 0 Å². The van der Waals surface area contributed by atoms with E-state index in [0.29, 0.717) is 38.2 Å². The highest BCUT2D eigenvalue weighted by Crippen LogP contribution is 2.42. The Morgan fingerprint density at radius 2 is 1.89 bits per heavy atom. The average molecular weight is 425 g/mol. The average Bonchev–Trinajstić information content (AvgIpc) is 3.15. The summed E-state index contributed by atoms with van der Waals surface area (Å²) in [7, 11) is 0. The minimum Gasteiger partial charge on any atom is -0.453 e. The Balaban J connectivity index is 1.83. The number of thiophene rings is 1. The second-order valence-corrected chi connectivity index (χ2v) is 7.75. The minimum atomic E-state index is 0.309. The van der Waals surface area contributed by atoms with Crippen LogP contribution in [0.4, 0.5) is 0 Å². The zero-order valence-corrected chi connectivity index (χ0v) is 16.5. The van der Waals surface area contributed by atoms with Crippen molar-refractivity contribution >= 4 is 51.0 Å². The van der Waals surface area contributed by atoms with Crippen molar-refractivity contribution in [3.05, 3.63) is 75.9 Å². The fourth-order valence-electron chi connectivity index (χ4n) is 2.67. The van der Waals surface area contributed by atoms with Crippen molar-refractivity contribution in [3.8, 4) is 28.0 Å². The summed E-state index contributed by atoms with van der Waals surface area (Å²) in [5.41, 5.74) is 2.57. The molecule has 2 aromatic heterocycles. The summed E-state index contributed by atoms with van der Waals surface area (Å²) in [5, 5.41) is 10.3. The van der Waals surface area contributed by atoms with E-state index in [-0.39, 0.29) is 0 Å². The van der Waals surface area contributed by atoms with Crippen LogP contribution in [-0.2, 0) is 0 Å². The minimum absolute atomic E-state index is 0.309. The number of fused-ring (bicyclic) bond motifs is 1. The smallest absolute Gasteiger partial charge is 0.166 e. The number of ether oxygens (including phenoxy) is 1. The van der Waals surface area contributed by atoms with Gasteiger partial charge in [0.15, 0.2) is 5.75 Å². The van der Waals surface area contributed by atoms with Gasteiger partial charge < -0.3 is 4.74 Å². The predicted molar refractivity (Wildman–Crippen MR) is 112 cm³/mol. The number of carbonyl (C=O) groups is 1. The van der Waals surface area contributed by atoms with Gasteiger partial charge in [0.05, 0.1) is 15.2 Å². The van der Waals surface area contributed by atoms with E-state index in [1.165, 1.54) is 17.5 Å². The van der Waals surface area contributed by atoms with E-state index < -0.39 is 0 Å². The molecule has 28 heavy (non-hydrogen) atoms. The lowest BCUT2D eigenvalue weighted by Gasteiger charge is -2.10. The molecule has 0 aliphatic rings. The summed E-state index contributed by atoms with van der Waals surface area (Å²) in [4.78, 5) is 16.2. The van der Waals surface area contributed by atoms with E-state index in [1.54, 1.807) is 30.3 Å². The van der Waals surface area contributed by atoms with Crippen LogP contribution in [0, 0.1) is 11.3 Å². The van der Waals surface area contributed by atoms with Gasteiger partial charge in [-0.3, -0.25) is 9.78 Å². The number of pyridine rings is 1. The van der Waals surface area contributed by atoms with E-state index in [1.807, 2.05) is 18.2 Å². The van der Waals surface area contributed by atoms with Gasteiger partial charge in [-0.1, -0.05) is 47.5 Å². The van der Waals surface area contributed by atoms with E-state index in [2.05, 4.69) is 11.1 Å². The van der Waals surface area contributed by atoms with Crippen LogP contribution in [-0.4, -0.2) is 11.3 Å². The lowest BCUT2D eigenvalue weighted by Crippen LogP contribution is -1.91. The number of hydrogen-bond acceptors (Lipinski definition) is 5. The van der Waals surface area contributed by atoms with Gasteiger partial charge >= 0.3 is 0 Å². The highest BCUT2D eigenvalue weighted by atomic mass is 35.5. The number of benzene rings is 2. The maximum Gasteiger partial charge on any atom is 0.166 e. The van der Waals surface area contributed by atoms with Gasteiger partial charge in [0.2, 0.25) is 0 Å². The molecule has 0 fully saturated rings. The molecule has 4 rings (SSSR count). The molecule has 0 radical (unpaired) electrons. The first-order chi connectivity index (χ1) is 13.6. The van der Waals surface area contributed by atoms with Crippen LogP contribution in [0.15, 0.2) is 54.7 Å². The molecule has 0 saturated carbocycles. The molecule has 0 atom stereocenters. The summed E-state index contributed by atoms with van der Waals surface area (Å²) in [5.74, 6) is 0.804. The van der Waals surface area contributed by atoms with Gasteiger partial charge in [0.25, 0.3) is 0 Å². The van der Waals surface area contributed by atoms with Gasteiger partial charge in [-0.05, 0) is 29.8 Å². The van der Waals surface area contributed by atoms with Crippen molar-refractivity contribution in [2.75, 3.05) is 0 Å². The number of carbonyl (C=O) groups excluding carboxylic acids is 1. The molecule has 0 saturated heterocycles. The molecule has 0 amide bonds. The lowest BCUT2D eigenvalue weighted by atomic mass is 10.1. The SMILES string of the molecule is N#Cc1cnc2cc(-c3ccc(C=O)cc3)sc2c1Oc1ccc(Cl)cc1Cl. The topological polar surface area (TPSA) is 63.0 Å². The van der Waals surface area contributed by atoms with Crippen molar-refractivity contribution in [2.45, 2.75) is 0 Å². The molecule has 0 spiro atoms. The number of nitriles is 1. The first-order valence-corrected chi connectivity index (χ1v) is 9.67. The van der Waals surface area contributed by atoms with Crippen LogP contribution in [0.5, 0.6) is 11.5 Å². The Morgan fingerprint density at radius 1 is 1.11 bits per heavy atom.